The van der Waals surface area contributed by atoms with Gasteiger partial charge in [0.2, 0.25) is 5.91 Å². The van der Waals surface area contributed by atoms with E-state index in [4.69, 9.17) is 5.11 Å². The normalized spacial score (nSPS) is 21.4. The molecular weight excluding hydrogens is 206 g/mol. The highest BCUT2D eigenvalue weighted by Gasteiger charge is 2.32. The Morgan fingerprint density at radius 1 is 1.38 bits per heavy atom. The molecule has 0 heterocycles. The lowest BCUT2D eigenvalue weighted by Crippen LogP contribution is -2.52. The molecule has 1 saturated carbocycles. The van der Waals surface area contributed by atoms with Crippen LogP contribution in [0.4, 0.5) is 0 Å². The number of carbonyl (C=O) groups excluding carboxylic acids is 1. The SMILES string of the molecule is CC(O)CCC(=O)NC1(CO)CCCCC1. The van der Waals surface area contributed by atoms with Crippen molar-refractivity contribution in [1.29, 1.82) is 0 Å². The average Bonchev–Trinajstić information content (AvgIpc) is 2.28. The van der Waals surface area contributed by atoms with E-state index in [2.05, 4.69) is 5.32 Å². The van der Waals surface area contributed by atoms with Crippen molar-refractivity contribution in [3.63, 3.8) is 0 Å². The molecule has 0 aromatic carbocycles. The summed E-state index contributed by atoms with van der Waals surface area (Å²) in [5, 5.41) is 21.4. The zero-order valence-corrected chi connectivity index (χ0v) is 10.0. The summed E-state index contributed by atoms with van der Waals surface area (Å²) in [6, 6.07) is 0. The first-order valence-electron chi connectivity index (χ1n) is 6.18. The van der Waals surface area contributed by atoms with Crippen LogP contribution in [-0.4, -0.2) is 34.4 Å². The molecule has 0 aromatic heterocycles. The Labute approximate surface area is 97.0 Å². The molecule has 94 valence electrons. The molecule has 0 aromatic rings. The van der Waals surface area contributed by atoms with Crippen LogP contribution >= 0.6 is 0 Å². The van der Waals surface area contributed by atoms with Crippen molar-refractivity contribution in [2.45, 2.75) is 63.5 Å². The van der Waals surface area contributed by atoms with E-state index in [9.17, 15) is 9.90 Å². The lowest BCUT2D eigenvalue weighted by Gasteiger charge is -2.36. The van der Waals surface area contributed by atoms with Crippen molar-refractivity contribution in [3.05, 3.63) is 0 Å². The molecular formula is C12H23NO3. The second-order valence-electron chi connectivity index (χ2n) is 4.93. The van der Waals surface area contributed by atoms with E-state index in [-0.39, 0.29) is 12.5 Å². The summed E-state index contributed by atoms with van der Waals surface area (Å²) in [7, 11) is 0. The highest BCUT2D eigenvalue weighted by molar-refractivity contribution is 5.76. The molecule has 3 N–H and O–H groups in total. The van der Waals surface area contributed by atoms with E-state index < -0.39 is 11.6 Å². The summed E-state index contributed by atoms with van der Waals surface area (Å²) >= 11 is 0. The van der Waals surface area contributed by atoms with E-state index in [1.54, 1.807) is 6.92 Å². The minimum Gasteiger partial charge on any atom is -0.394 e. The zero-order chi connectivity index (χ0) is 12.0. The van der Waals surface area contributed by atoms with Gasteiger partial charge >= 0.3 is 0 Å². The number of aliphatic hydroxyl groups excluding tert-OH is 2. The zero-order valence-electron chi connectivity index (χ0n) is 10.0. The van der Waals surface area contributed by atoms with Gasteiger partial charge in [-0.2, -0.15) is 0 Å². The lowest BCUT2D eigenvalue weighted by molar-refractivity contribution is -0.124. The highest BCUT2D eigenvalue weighted by atomic mass is 16.3. The molecule has 1 aliphatic carbocycles. The third-order valence-electron chi connectivity index (χ3n) is 3.31. The largest absolute Gasteiger partial charge is 0.394 e. The first-order chi connectivity index (χ1) is 7.58. The Morgan fingerprint density at radius 3 is 2.50 bits per heavy atom. The second-order valence-corrected chi connectivity index (χ2v) is 4.93. The standard InChI is InChI=1S/C12H23NO3/c1-10(15)5-6-11(16)13-12(9-14)7-3-2-4-8-12/h10,14-15H,2-9H2,1H3,(H,13,16). The van der Waals surface area contributed by atoms with Crippen LogP contribution in [0.3, 0.4) is 0 Å². The molecule has 0 spiro atoms. The summed E-state index contributed by atoms with van der Waals surface area (Å²) in [5.74, 6) is -0.0585. The molecule has 16 heavy (non-hydrogen) atoms. The first-order valence-corrected chi connectivity index (χ1v) is 6.18. The van der Waals surface area contributed by atoms with Crippen LogP contribution in [0.1, 0.15) is 51.9 Å². The summed E-state index contributed by atoms with van der Waals surface area (Å²) in [5.41, 5.74) is -0.395. The predicted molar refractivity (Wildman–Crippen MR) is 62.0 cm³/mol. The minimum atomic E-state index is -0.442. The van der Waals surface area contributed by atoms with Crippen LogP contribution in [-0.2, 0) is 4.79 Å². The first kappa shape index (κ1) is 13.5. The maximum atomic E-state index is 11.6. The van der Waals surface area contributed by atoms with Crippen molar-refractivity contribution in [3.8, 4) is 0 Å². The van der Waals surface area contributed by atoms with Crippen LogP contribution in [0.2, 0.25) is 0 Å². The molecule has 4 heteroatoms. The average molecular weight is 229 g/mol. The number of nitrogens with one attached hydrogen (secondary N) is 1. The lowest BCUT2D eigenvalue weighted by atomic mass is 9.82. The van der Waals surface area contributed by atoms with Crippen LogP contribution < -0.4 is 5.32 Å². The Kier molecular flexibility index (Phi) is 5.22. The number of hydrogen-bond acceptors (Lipinski definition) is 3. The van der Waals surface area contributed by atoms with Crippen LogP contribution in [0, 0.1) is 0 Å². The topological polar surface area (TPSA) is 69.6 Å². The van der Waals surface area contributed by atoms with Crippen molar-refractivity contribution >= 4 is 5.91 Å². The van der Waals surface area contributed by atoms with E-state index in [1.165, 1.54) is 6.42 Å². The van der Waals surface area contributed by atoms with Gasteiger partial charge in [0, 0.05) is 6.42 Å². The Bertz CT molecular complexity index is 222. The Balaban J connectivity index is 2.39. The molecule has 1 unspecified atom stereocenters. The van der Waals surface area contributed by atoms with Crippen LogP contribution in [0.15, 0.2) is 0 Å². The molecule has 1 amide bonds. The molecule has 1 atom stereocenters. The maximum Gasteiger partial charge on any atom is 0.220 e. The van der Waals surface area contributed by atoms with Crippen molar-refractivity contribution in [1.82, 2.24) is 5.32 Å². The summed E-state index contributed by atoms with van der Waals surface area (Å²) in [6.07, 6.45) is 5.42. The van der Waals surface area contributed by atoms with Gasteiger partial charge in [0.25, 0.3) is 0 Å². The molecule has 1 fully saturated rings. The van der Waals surface area contributed by atoms with E-state index in [0.717, 1.165) is 25.7 Å². The fourth-order valence-corrected chi connectivity index (χ4v) is 2.25. The number of carbonyl (C=O) groups is 1. The van der Waals surface area contributed by atoms with Gasteiger partial charge in [0.05, 0.1) is 18.2 Å². The van der Waals surface area contributed by atoms with Gasteiger partial charge in [-0.3, -0.25) is 4.79 Å². The van der Waals surface area contributed by atoms with Gasteiger partial charge in [-0.1, -0.05) is 19.3 Å². The molecule has 0 aliphatic heterocycles. The molecule has 0 saturated heterocycles. The van der Waals surface area contributed by atoms with E-state index >= 15 is 0 Å². The molecule has 0 radical (unpaired) electrons. The fraction of sp³-hybridized carbons (Fsp3) is 0.917. The van der Waals surface area contributed by atoms with Gasteiger partial charge in [-0.25, -0.2) is 0 Å². The van der Waals surface area contributed by atoms with Crippen LogP contribution in [0.25, 0.3) is 0 Å². The van der Waals surface area contributed by atoms with Crippen molar-refractivity contribution in [2.75, 3.05) is 6.61 Å². The Hall–Kier alpha value is -0.610. The van der Waals surface area contributed by atoms with Crippen LogP contribution in [0.5, 0.6) is 0 Å². The smallest absolute Gasteiger partial charge is 0.220 e. The van der Waals surface area contributed by atoms with Gasteiger partial charge in [-0.15, -0.1) is 0 Å². The van der Waals surface area contributed by atoms with Gasteiger partial charge in [0.15, 0.2) is 0 Å². The fourth-order valence-electron chi connectivity index (χ4n) is 2.25. The third-order valence-corrected chi connectivity index (χ3v) is 3.31. The third kappa shape index (κ3) is 4.10. The molecule has 1 rings (SSSR count). The van der Waals surface area contributed by atoms with Gasteiger partial charge in [-0.05, 0) is 26.2 Å². The van der Waals surface area contributed by atoms with Crippen molar-refractivity contribution in [2.24, 2.45) is 0 Å². The number of rotatable bonds is 5. The quantitative estimate of drug-likeness (QED) is 0.657. The number of aliphatic hydroxyl groups is 2. The summed E-state index contributed by atoms with van der Waals surface area (Å²) in [6.45, 7) is 1.70. The van der Waals surface area contributed by atoms with Gasteiger partial charge in [0.1, 0.15) is 0 Å². The highest BCUT2D eigenvalue weighted by Crippen LogP contribution is 2.27. The summed E-state index contributed by atoms with van der Waals surface area (Å²) < 4.78 is 0. The summed E-state index contributed by atoms with van der Waals surface area (Å²) in [4.78, 5) is 11.6. The minimum absolute atomic E-state index is 0.0212. The number of hydrogen-bond donors (Lipinski definition) is 3. The Morgan fingerprint density at radius 2 is 2.00 bits per heavy atom. The predicted octanol–water partition coefficient (Wildman–Crippen LogP) is 0.959. The number of amides is 1. The van der Waals surface area contributed by atoms with Gasteiger partial charge < -0.3 is 15.5 Å². The van der Waals surface area contributed by atoms with E-state index in [1.807, 2.05) is 0 Å². The second kappa shape index (κ2) is 6.21. The molecule has 4 nitrogen and oxygen atoms in total. The van der Waals surface area contributed by atoms with Crippen molar-refractivity contribution < 1.29 is 15.0 Å². The monoisotopic (exact) mass is 229 g/mol. The van der Waals surface area contributed by atoms with E-state index in [0.29, 0.717) is 12.8 Å². The molecule has 0 bridgehead atoms. The molecule has 1 aliphatic rings. The maximum absolute atomic E-state index is 11.6.